The zero-order chi connectivity index (χ0) is 16.4. The van der Waals surface area contributed by atoms with Gasteiger partial charge in [0, 0.05) is 17.1 Å². The smallest absolute Gasteiger partial charge is 0.334 e. The van der Waals surface area contributed by atoms with Gasteiger partial charge in [-0.15, -0.1) is 0 Å². The van der Waals surface area contributed by atoms with E-state index in [1.54, 1.807) is 18.2 Å². The number of rotatable bonds is 3. The van der Waals surface area contributed by atoms with Gasteiger partial charge >= 0.3 is 5.97 Å². The maximum Gasteiger partial charge on any atom is 0.334 e. The van der Waals surface area contributed by atoms with Crippen LogP contribution >= 0.6 is 11.6 Å². The summed E-state index contributed by atoms with van der Waals surface area (Å²) in [5.41, 5.74) is 1.75. The van der Waals surface area contributed by atoms with Crippen molar-refractivity contribution in [2.24, 2.45) is 0 Å². The molecule has 1 aliphatic heterocycles. The van der Waals surface area contributed by atoms with Crippen molar-refractivity contribution in [3.8, 4) is 11.3 Å². The molecule has 0 radical (unpaired) electrons. The number of halogens is 1. The molecule has 0 bridgehead atoms. The van der Waals surface area contributed by atoms with E-state index < -0.39 is 12.1 Å². The average molecular weight is 336 g/mol. The van der Waals surface area contributed by atoms with Crippen LogP contribution < -0.4 is 0 Å². The standard InChI is InChI=1S/C15H14ClN3O4/c16-10-3-1-9(2-4-10)11-7-12(18-17-11)14(20)19-5-6-23-13(8-19)15(21)22/h1-4,7,13H,5-6,8H2,(H,17,18)(H,21,22). The molecule has 2 N–H and O–H groups in total. The third kappa shape index (κ3) is 3.35. The Morgan fingerprint density at radius 2 is 2.09 bits per heavy atom. The summed E-state index contributed by atoms with van der Waals surface area (Å²) >= 11 is 5.85. The number of aliphatic carboxylic acids is 1. The number of nitrogens with one attached hydrogen (secondary N) is 1. The van der Waals surface area contributed by atoms with Crippen molar-refractivity contribution in [1.29, 1.82) is 0 Å². The van der Waals surface area contributed by atoms with Crippen LogP contribution in [-0.4, -0.2) is 57.9 Å². The molecule has 7 nitrogen and oxygen atoms in total. The monoisotopic (exact) mass is 335 g/mol. The molecule has 1 fully saturated rings. The van der Waals surface area contributed by atoms with Crippen molar-refractivity contribution >= 4 is 23.5 Å². The molecular weight excluding hydrogens is 322 g/mol. The van der Waals surface area contributed by atoms with E-state index in [0.717, 1.165) is 5.56 Å². The van der Waals surface area contributed by atoms with Crippen LogP contribution in [0.3, 0.4) is 0 Å². The second kappa shape index (κ2) is 6.39. The van der Waals surface area contributed by atoms with Crippen LogP contribution in [0.15, 0.2) is 30.3 Å². The number of hydrogen-bond donors (Lipinski definition) is 2. The molecular formula is C15H14ClN3O4. The van der Waals surface area contributed by atoms with E-state index in [1.807, 2.05) is 12.1 Å². The summed E-state index contributed by atoms with van der Waals surface area (Å²) in [6.07, 6.45) is -0.994. The zero-order valence-electron chi connectivity index (χ0n) is 12.0. The molecule has 0 saturated carbocycles. The molecule has 1 atom stereocenters. The molecule has 2 aromatic rings. The molecule has 1 saturated heterocycles. The van der Waals surface area contributed by atoms with Gasteiger partial charge in [-0.3, -0.25) is 9.89 Å². The van der Waals surface area contributed by atoms with Crippen molar-refractivity contribution < 1.29 is 19.4 Å². The first-order valence-corrected chi connectivity index (χ1v) is 7.37. The van der Waals surface area contributed by atoms with Gasteiger partial charge in [0.1, 0.15) is 5.69 Å². The van der Waals surface area contributed by atoms with Gasteiger partial charge in [0.05, 0.1) is 18.8 Å². The first-order valence-electron chi connectivity index (χ1n) is 6.99. The minimum absolute atomic E-state index is 0.0173. The minimum atomic E-state index is -1.08. The summed E-state index contributed by atoms with van der Waals surface area (Å²) < 4.78 is 5.11. The van der Waals surface area contributed by atoms with Gasteiger partial charge < -0.3 is 14.7 Å². The number of amides is 1. The predicted octanol–water partition coefficient (Wildman–Crippen LogP) is 1.66. The highest BCUT2D eigenvalue weighted by molar-refractivity contribution is 6.30. The molecule has 1 aromatic heterocycles. The second-order valence-electron chi connectivity index (χ2n) is 5.12. The maximum absolute atomic E-state index is 12.5. The number of carboxylic acids is 1. The molecule has 1 aromatic carbocycles. The average Bonchev–Trinajstić information content (AvgIpc) is 3.05. The molecule has 120 valence electrons. The number of aromatic amines is 1. The van der Waals surface area contributed by atoms with Gasteiger partial charge in [0.2, 0.25) is 0 Å². The van der Waals surface area contributed by atoms with E-state index in [9.17, 15) is 9.59 Å². The maximum atomic E-state index is 12.5. The van der Waals surface area contributed by atoms with Crippen molar-refractivity contribution in [2.45, 2.75) is 6.10 Å². The Balaban J connectivity index is 1.75. The van der Waals surface area contributed by atoms with E-state index in [0.29, 0.717) is 23.0 Å². The number of morpholine rings is 1. The van der Waals surface area contributed by atoms with Crippen LogP contribution in [0.2, 0.25) is 5.02 Å². The normalized spacial score (nSPS) is 18.0. The van der Waals surface area contributed by atoms with Gasteiger partial charge in [-0.25, -0.2) is 4.79 Å². The number of carbonyl (C=O) groups is 2. The van der Waals surface area contributed by atoms with Crippen LogP contribution in [0.1, 0.15) is 10.5 Å². The summed E-state index contributed by atoms with van der Waals surface area (Å²) in [7, 11) is 0. The summed E-state index contributed by atoms with van der Waals surface area (Å²) in [6, 6.07) is 8.74. The SMILES string of the molecule is O=C(O)C1CN(C(=O)c2cc(-c3ccc(Cl)cc3)n[nH]2)CCO1. The number of nitrogens with zero attached hydrogens (tertiary/aromatic N) is 2. The van der Waals surface area contributed by atoms with Crippen molar-refractivity contribution in [1.82, 2.24) is 15.1 Å². The number of hydrogen-bond acceptors (Lipinski definition) is 4. The Morgan fingerprint density at radius 1 is 1.35 bits per heavy atom. The first kappa shape index (κ1) is 15.5. The van der Waals surface area contributed by atoms with Gasteiger partial charge in [-0.1, -0.05) is 23.7 Å². The summed E-state index contributed by atoms with van der Waals surface area (Å²) in [5, 5.41) is 16.4. The largest absolute Gasteiger partial charge is 0.479 e. The third-order valence-electron chi connectivity index (χ3n) is 3.58. The first-order chi connectivity index (χ1) is 11.0. The fraction of sp³-hybridized carbons (Fsp3) is 0.267. The van der Waals surface area contributed by atoms with E-state index >= 15 is 0 Å². The number of benzene rings is 1. The van der Waals surface area contributed by atoms with Gasteiger partial charge in [0.15, 0.2) is 6.10 Å². The molecule has 3 rings (SSSR count). The lowest BCUT2D eigenvalue weighted by atomic mass is 10.1. The molecule has 1 aliphatic rings. The molecule has 8 heteroatoms. The Kier molecular flexibility index (Phi) is 4.31. The van der Waals surface area contributed by atoms with Crippen molar-refractivity contribution in [3.05, 3.63) is 41.0 Å². The van der Waals surface area contributed by atoms with Gasteiger partial charge in [-0.05, 0) is 18.2 Å². The van der Waals surface area contributed by atoms with E-state index in [1.165, 1.54) is 4.90 Å². The number of carboxylic acid groups (broad SMARTS) is 1. The highest BCUT2D eigenvalue weighted by atomic mass is 35.5. The zero-order valence-corrected chi connectivity index (χ0v) is 12.8. The lowest BCUT2D eigenvalue weighted by molar-refractivity contribution is -0.154. The Labute approximate surface area is 136 Å². The number of ether oxygens (including phenoxy) is 1. The molecule has 1 amide bonds. The van der Waals surface area contributed by atoms with E-state index in [-0.39, 0.29) is 19.1 Å². The lowest BCUT2D eigenvalue weighted by Gasteiger charge is -2.30. The van der Waals surface area contributed by atoms with Crippen LogP contribution in [0, 0.1) is 0 Å². The highest BCUT2D eigenvalue weighted by Crippen LogP contribution is 2.21. The van der Waals surface area contributed by atoms with Gasteiger partial charge in [0.25, 0.3) is 5.91 Å². The lowest BCUT2D eigenvalue weighted by Crippen LogP contribution is -2.48. The fourth-order valence-electron chi connectivity index (χ4n) is 2.35. The van der Waals surface area contributed by atoms with Crippen molar-refractivity contribution in [3.63, 3.8) is 0 Å². The molecule has 23 heavy (non-hydrogen) atoms. The third-order valence-corrected chi connectivity index (χ3v) is 3.83. The topological polar surface area (TPSA) is 95.5 Å². The molecule has 0 aliphatic carbocycles. The molecule has 1 unspecified atom stereocenters. The summed E-state index contributed by atoms with van der Waals surface area (Å²) in [5.74, 6) is -1.37. The second-order valence-corrected chi connectivity index (χ2v) is 5.56. The van der Waals surface area contributed by atoms with Crippen LogP contribution in [0.5, 0.6) is 0 Å². The Morgan fingerprint density at radius 3 is 2.78 bits per heavy atom. The fourth-order valence-corrected chi connectivity index (χ4v) is 2.48. The number of H-pyrrole nitrogens is 1. The number of aromatic nitrogens is 2. The number of carbonyl (C=O) groups excluding carboxylic acids is 1. The van der Waals surface area contributed by atoms with E-state index in [4.69, 9.17) is 21.4 Å². The van der Waals surface area contributed by atoms with E-state index in [2.05, 4.69) is 10.2 Å². The predicted molar refractivity (Wildman–Crippen MR) is 82.3 cm³/mol. The summed E-state index contributed by atoms with van der Waals surface area (Å²) in [6.45, 7) is 0.558. The molecule has 2 heterocycles. The Hall–Kier alpha value is -2.38. The van der Waals surface area contributed by atoms with Crippen LogP contribution in [0.25, 0.3) is 11.3 Å². The highest BCUT2D eigenvalue weighted by Gasteiger charge is 2.30. The quantitative estimate of drug-likeness (QED) is 0.889. The van der Waals surface area contributed by atoms with Crippen LogP contribution in [-0.2, 0) is 9.53 Å². The van der Waals surface area contributed by atoms with Crippen LogP contribution in [0.4, 0.5) is 0 Å². The minimum Gasteiger partial charge on any atom is -0.479 e. The Bertz CT molecular complexity index is 729. The summed E-state index contributed by atoms with van der Waals surface area (Å²) in [4.78, 5) is 24.9. The van der Waals surface area contributed by atoms with Gasteiger partial charge in [-0.2, -0.15) is 5.10 Å². The molecule has 0 spiro atoms. The van der Waals surface area contributed by atoms with Crippen molar-refractivity contribution in [2.75, 3.05) is 19.7 Å².